The number of aromatic amines is 1. The van der Waals surface area contributed by atoms with Crippen molar-refractivity contribution >= 4 is 16.8 Å². The first-order valence-corrected chi connectivity index (χ1v) is 8.61. The maximum atomic E-state index is 13.2. The van der Waals surface area contributed by atoms with Crippen molar-refractivity contribution in [2.24, 2.45) is 0 Å². The highest BCUT2D eigenvalue weighted by Crippen LogP contribution is 2.32. The molecule has 4 rings (SSSR count). The Morgan fingerprint density at radius 3 is 2.84 bits per heavy atom. The Hall–Kier alpha value is -2.76. The van der Waals surface area contributed by atoms with Crippen molar-refractivity contribution in [3.63, 3.8) is 0 Å². The van der Waals surface area contributed by atoms with E-state index in [1.165, 1.54) is 0 Å². The van der Waals surface area contributed by atoms with Crippen LogP contribution in [0.15, 0.2) is 24.3 Å². The number of aromatic nitrogens is 4. The summed E-state index contributed by atoms with van der Waals surface area (Å²) in [6, 6.07) is 7.94. The number of pyridine rings is 1. The van der Waals surface area contributed by atoms with Gasteiger partial charge in [0.15, 0.2) is 5.82 Å². The maximum Gasteiger partial charge on any atom is 0.256 e. The van der Waals surface area contributed by atoms with Gasteiger partial charge in [-0.05, 0) is 45.2 Å². The largest absolute Gasteiger partial charge is 0.328 e. The normalized spacial score (nSPS) is 17.4. The number of fused-ring (bicyclic) bond motifs is 1. The highest BCUT2D eigenvalue weighted by Gasteiger charge is 2.34. The molecule has 3 aromatic rings. The van der Waals surface area contributed by atoms with Crippen molar-refractivity contribution < 1.29 is 4.79 Å². The molecule has 1 fully saturated rings. The molecule has 0 saturated carbocycles. The third kappa shape index (κ3) is 2.67. The van der Waals surface area contributed by atoms with E-state index in [9.17, 15) is 4.79 Å². The lowest BCUT2D eigenvalue weighted by Crippen LogP contribution is -2.31. The third-order valence-electron chi connectivity index (χ3n) is 4.89. The van der Waals surface area contributed by atoms with Gasteiger partial charge in [-0.25, -0.2) is 4.98 Å². The minimum atomic E-state index is -0.0648. The van der Waals surface area contributed by atoms with E-state index in [0.717, 1.165) is 47.4 Å². The van der Waals surface area contributed by atoms with Gasteiger partial charge >= 0.3 is 0 Å². The van der Waals surface area contributed by atoms with Crippen molar-refractivity contribution in [2.45, 2.75) is 39.7 Å². The van der Waals surface area contributed by atoms with Gasteiger partial charge in [-0.3, -0.25) is 14.9 Å². The van der Waals surface area contributed by atoms with E-state index in [1.54, 1.807) is 0 Å². The van der Waals surface area contributed by atoms with Crippen LogP contribution >= 0.6 is 0 Å². The molecule has 1 saturated heterocycles. The van der Waals surface area contributed by atoms with Gasteiger partial charge in [-0.2, -0.15) is 5.10 Å². The van der Waals surface area contributed by atoms with E-state index < -0.39 is 0 Å². The van der Waals surface area contributed by atoms with Crippen molar-refractivity contribution in [3.8, 4) is 0 Å². The molecule has 3 heterocycles. The monoisotopic (exact) mass is 335 g/mol. The first-order chi connectivity index (χ1) is 12.0. The Morgan fingerprint density at radius 1 is 1.24 bits per heavy atom. The standard InChI is InChI=1S/C19H21N5O/c1-11-6-4-7-14-10-15(12(2)20-17(11)14)19(25)24-9-5-8-16(24)18-21-13(3)22-23-18/h4,6-7,10,16H,5,8-9H2,1-3H3,(H,21,22,23). The summed E-state index contributed by atoms with van der Waals surface area (Å²) in [6.07, 6.45) is 1.85. The van der Waals surface area contributed by atoms with Gasteiger partial charge in [0.05, 0.1) is 22.8 Å². The number of nitrogens with zero attached hydrogens (tertiary/aromatic N) is 4. The molecule has 6 heteroatoms. The second-order valence-corrected chi connectivity index (χ2v) is 6.70. The van der Waals surface area contributed by atoms with Crippen LogP contribution < -0.4 is 0 Å². The molecule has 1 aromatic carbocycles. The third-order valence-corrected chi connectivity index (χ3v) is 4.89. The molecule has 0 spiro atoms. The minimum Gasteiger partial charge on any atom is -0.328 e. The van der Waals surface area contributed by atoms with E-state index in [4.69, 9.17) is 0 Å². The number of benzene rings is 1. The molecule has 0 radical (unpaired) electrons. The van der Waals surface area contributed by atoms with E-state index >= 15 is 0 Å². The van der Waals surface area contributed by atoms with Crippen LogP contribution in [0.2, 0.25) is 0 Å². The molecule has 1 amide bonds. The van der Waals surface area contributed by atoms with Gasteiger partial charge in [0.1, 0.15) is 5.82 Å². The molecule has 128 valence electrons. The molecule has 1 aliphatic rings. The number of amides is 1. The minimum absolute atomic E-state index is 0.0124. The van der Waals surface area contributed by atoms with Gasteiger partial charge in [0.2, 0.25) is 0 Å². The van der Waals surface area contributed by atoms with E-state index in [2.05, 4.69) is 20.2 Å². The molecule has 0 bridgehead atoms. The highest BCUT2D eigenvalue weighted by atomic mass is 16.2. The van der Waals surface area contributed by atoms with Crippen LogP contribution in [0, 0.1) is 20.8 Å². The predicted octanol–water partition coefficient (Wildman–Crippen LogP) is 3.26. The number of carbonyl (C=O) groups is 1. The van der Waals surface area contributed by atoms with Crippen LogP contribution in [0.5, 0.6) is 0 Å². The summed E-state index contributed by atoms with van der Waals surface area (Å²) in [4.78, 5) is 24.2. The van der Waals surface area contributed by atoms with Crippen LogP contribution in [0.3, 0.4) is 0 Å². The van der Waals surface area contributed by atoms with Crippen LogP contribution in [0.4, 0.5) is 0 Å². The average Bonchev–Trinajstić information content (AvgIpc) is 3.23. The summed E-state index contributed by atoms with van der Waals surface area (Å²) in [5, 5.41) is 8.14. The molecule has 1 aliphatic heterocycles. The van der Waals surface area contributed by atoms with Crippen LogP contribution in [-0.2, 0) is 0 Å². The quantitative estimate of drug-likeness (QED) is 0.780. The van der Waals surface area contributed by atoms with Crippen molar-refractivity contribution in [1.82, 2.24) is 25.1 Å². The Bertz CT molecular complexity index is 962. The Labute approximate surface area is 146 Å². The lowest BCUT2D eigenvalue weighted by atomic mass is 10.1. The molecule has 6 nitrogen and oxygen atoms in total. The van der Waals surface area contributed by atoms with Gasteiger partial charge in [0, 0.05) is 11.9 Å². The average molecular weight is 335 g/mol. The number of nitrogens with one attached hydrogen (secondary N) is 1. The smallest absolute Gasteiger partial charge is 0.256 e. The first-order valence-electron chi connectivity index (χ1n) is 8.61. The zero-order valence-electron chi connectivity index (χ0n) is 14.7. The van der Waals surface area contributed by atoms with Gasteiger partial charge in [-0.15, -0.1) is 0 Å². The molecule has 25 heavy (non-hydrogen) atoms. The molecule has 1 unspecified atom stereocenters. The van der Waals surface area contributed by atoms with E-state index in [1.807, 2.05) is 49.9 Å². The molecular weight excluding hydrogens is 314 g/mol. The zero-order chi connectivity index (χ0) is 17.6. The number of para-hydroxylation sites is 1. The lowest BCUT2D eigenvalue weighted by Gasteiger charge is -2.23. The maximum absolute atomic E-state index is 13.2. The molecule has 0 aliphatic carbocycles. The SMILES string of the molecule is Cc1nc(C2CCCN2C(=O)c2cc3cccc(C)c3nc2C)n[nH]1. The second kappa shape index (κ2) is 5.95. The van der Waals surface area contributed by atoms with Crippen molar-refractivity contribution in [3.05, 3.63) is 52.7 Å². The second-order valence-electron chi connectivity index (χ2n) is 6.70. The van der Waals surface area contributed by atoms with Crippen LogP contribution in [0.1, 0.15) is 52.1 Å². The number of H-pyrrole nitrogens is 1. The number of aryl methyl sites for hydroxylation is 3. The highest BCUT2D eigenvalue weighted by molar-refractivity contribution is 5.99. The molecule has 2 aromatic heterocycles. The summed E-state index contributed by atoms with van der Waals surface area (Å²) in [6.45, 7) is 6.54. The van der Waals surface area contributed by atoms with Gasteiger partial charge < -0.3 is 4.90 Å². The zero-order valence-corrected chi connectivity index (χ0v) is 14.7. The van der Waals surface area contributed by atoms with Gasteiger partial charge in [-0.1, -0.05) is 18.2 Å². The Balaban J connectivity index is 1.73. The summed E-state index contributed by atoms with van der Waals surface area (Å²) in [5.41, 5.74) is 3.51. The number of likely N-dealkylation sites (tertiary alicyclic amines) is 1. The van der Waals surface area contributed by atoms with Crippen LogP contribution in [0.25, 0.3) is 10.9 Å². The number of hydrogen-bond donors (Lipinski definition) is 1. The molecular formula is C19H21N5O. The Morgan fingerprint density at radius 2 is 2.08 bits per heavy atom. The summed E-state index contributed by atoms with van der Waals surface area (Å²) >= 11 is 0. The Kier molecular flexibility index (Phi) is 3.75. The number of rotatable bonds is 2. The fourth-order valence-electron chi connectivity index (χ4n) is 3.60. The van der Waals surface area contributed by atoms with E-state index in [-0.39, 0.29) is 11.9 Å². The first kappa shape index (κ1) is 15.7. The fraction of sp³-hybridized carbons (Fsp3) is 0.368. The molecule has 1 N–H and O–H groups in total. The van der Waals surface area contributed by atoms with Crippen molar-refractivity contribution in [2.75, 3.05) is 6.54 Å². The lowest BCUT2D eigenvalue weighted by molar-refractivity contribution is 0.0729. The topological polar surface area (TPSA) is 74.8 Å². The molecule has 1 atom stereocenters. The predicted molar refractivity (Wildman–Crippen MR) is 95.3 cm³/mol. The fourth-order valence-corrected chi connectivity index (χ4v) is 3.60. The number of carbonyl (C=O) groups excluding carboxylic acids is 1. The van der Waals surface area contributed by atoms with Gasteiger partial charge in [0.25, 0.3) is 5.91 Å². The van der Waals surface area contributed by atoms with Crippen LogP contribution in [-0.4, -0.2) is 37.5 Å². The van der Waals surface area contributed by atoms with E-state index in [0.29, 0.717) is 11.4 Å². The number of hydrogen-bond acceptors (Lipinski definition) is 4. The summed E-state index contributed by atoms with van der Waals surface area (Å²) < 4.78 is 0. The summed E-state index contributed by atoms with van der Waals surface area (Å²) in [7, 11) is 0. The van der Waals surface area contributed by atoms with Crippen molar-refractivity contribution in [1.29, 1.82) is 0 Å². The summed E-state index contributed by atoms with van der Waals surface area (Å²) in [5.74, 6) is 1.48.